The van der Waals surface area contributed by atoms with Crippen molar-refractivity contribution in [1.29, 1.82) is 0 Å². The van der Waals surface area contributed by atoms with Gasteiger partial charge in [0.05, 0.1) is 17.3 Å². The summed E-state index contributed by atoms with van der Waals surface area (Å²) in [5.74, 6) is -0.533. The maximum atomic E-state index is 12.4. The molecule has 2 amide bonds. The molecule has 0 saturated carbocycles. The maximum Gasteiger partial charge on any atom is 0.273 e. The van der Waals surface area contributed by atoms with Crippen LogP contribution in [-0.4, -0.2) is 21.6 Å². The van der Waals surface area contributed by atoms with Gasteiger partial charge in [-0.2, -0.15) is 0 Å². The van der Waals surface area contributed by atoms with Gasteiger partial charge in [0.15, 0.2) is 0 Å². The second-order valence-electron chi connectivity index (χ2n) is 6.00. The third kappa shape index (κ3) is 4.30. The number of nitrogens with zero attached hydrogens (tertiary/aromatic N) is 1. The molecule has 0 saturated heterocycles. The quantitative estimate of drug-likeness (QED) is 0.637. The molecular formula is C19H18N4O4. The number of carbonyl (C=O) groups is 2. The van der Waals surface area contributed by atoms with E-state index in [1.165, 1.54) is 6.92 Å². The molecule has 1 aromatic heterocycles. The summed E-state index contributed by atoms with van der Waals surface area (Å²) in [6, 6.07) is 13.2. The van der Waals surface area contributed by atoms with Gasteiger partial charge >= 0.3 is 0 Å². The average molecular weight is 366 g/mol. The summed E-state index contributed by atoms with van der Waals surface area (Å²) in [4.78, 5) is 47.8. The molecule has 0 spiro atoms. The number of hydrogen-bond donors (Lipinski definition) is 3. The van der Waals surface area contributed by atoms with E-state index in [1.54, 1.807) is 48.5 Å². The van der Waals surface area contributed by atoms with E-state index in [4.69, 9.17) is 0 Å². The summed E-state index contributed by atoms with van der Waals surface area (Å²) >= 11 is 0. The SMILES string of the molecule is CC(=O)Nc1cccc(NC(=O)CCn2[nH]c(=O)c3ccccc3c2=O)c1. The molecule has 27 heavy (non-hydrogen) atoms. The molecule has 3 N–H and O–H groups in total. The normalized spacial score (nSPS) is 10.6. The molecule has 3 rings (SSSR count). The van der Waals surface area contributed by atoms with E-state index in [0.717, 1.165) is 4.68 Å². The fourth-order valence-corrected chi connectivity index (χ4v) is 2.72. The summed E-state index contributed by atoms with van der Waals surface area (Å²) in [6.07, 6.45) is -0.00144. The highest BCUT2D eigenvalue weighted by molar-refractivity contribution is 5.93. The van der Waals surface area contributed by atoms with Crippen molar-refractivity contribution in [2.45, 2.75) is 19.9 Å². The van der Waals surface area contributed by atoms with Crippen LogP contribution in [0.3, 0.4) is 0 Å². The number of H-pyrrole nitrogens is 1. The fourth-order valence-electron chi connectivity index (χ4n) is 2.72. The molecule has 138 valence electrons. The summed E-state index contributed by atoms with van der Waals surface area (Å²) in [5.41, 5.74) is 0.347. The average Bonchev–Trinajstić information content (AvgIpc) is 2.63. The zero-order chi connectivity index (χ0) is 19.4. The predicted molar refractivity (Wildman–Crippen MR) is 103 cm³/mol. The minimum atomic E-state index is -0.381. The number of aromatic amines is 1. The molecule has 0 radical (unpaired) electrons. The first-order valence-corrected chi connectivity index (χ1v) is 8.33. The maximum absolute atomic E-state index is 12.4. The lowest BCUT2D eigenvalue weighted by Gasteiger charge is -2.09. The van der Waals surface area contributed by atoms with Gasteiger partial charge in [0, 0.05) is 24.7 Å². The standard InChI is InChI=1S/C19H18N4O4/c1-12(24)20-13-5-4-6-14(11-13)21-17(25)9-10-23-19(27)16-8-3-2-7-15(16)18(26)22-23/h2-8,11H,9-10H2,1H3,(H,20,24)(H,21,25)(H,22,26). The Morgan fingerprint density at radius 1 is 0.963 bits per heavy atom. The molecule has 8 heteroatoms. The number of carbonyl (C=O) groups excluding carboxylic acids is 2. The molecule has 0 aliphatic rings. The van der Waals surface area contributed by atoms with Gasteiger partial charge in [-0.25, -0.2) is 4.68 Å². The lowest BCUT2D eigenvalue weighted by Crippen LogP contribution is -2.31. The highest BCUT2D eigenvalue weighted by Gasteiger charge is 2.09. The molecule has 0 aliphatic carbocycles. The van der Waals surface area contributed by atoms with Gasteiger partial charge in [0.2, 0.25) is 11.8 Å². The fraction of sp³-hybridized carbons (Fsp3) is 0.158. The van der Waals surface area contributed by atoms with Crippen LogP contribution in [0, 0.1) is 0 Å². The molecule has 8 nitrogen and oxygen atoms in total. The monoisotopic (exact) mass is 366 g/mol. The van der Waals surface area contributed by atoms with E-state index < -0.39 is 0 Å². The Kier molecular flexibility index (Phi) is 5.16. The van der Waals surface area contributed by atoms with Crippen LogP contribution in [-0.2, 0) is 16.1 Å². The van der Waals surface area contributed by atoms with Gasteiger partial charge in [-0.15, -0.1) is 0 Å². The topological polar surface area (TPSA) is 113 Å². The number of aromatic nitrogens is 2. The molecule has 0 aliphatic heterocycles. The molecule has 0 fully saturated rings. The van der Waals surface area contributed by atoms with Gasteiger partial charge in [0.25, 0.3) is 11.1 Å². The van der Waals surface area contributed by atoms with Gasteiger partial charge in [-0.3, -0.25) is 24.3 Å². The lowest BCUT2D eigenvalue weighted by molar-refractivity contribution is -0.116. The minimum Gasteiger partial charge on any atom is -0.326 e. The lowest BCUT2D eigenvalue weighted by atomic mass is 10.2. The van der Waals surface area contributed by atoms with Crippen LogP contribution in [0.25, 0.3) is 10.8 Å². The predicted octanol–water partition coefficient (Wildman–Crippen LogP) is 1.68. The molecule has 0 atom stereocenters. The Morgan fingerprint density at radius 3 is 2.33 bits per heavy atom. The first-order chi connectivity index (χ1) is 12.9. The van der Waals surface area contributed by atoms with E-state index in [2.05, 4.69) is 15.7 Å². The number of amides is 2. The van der Waals surface area contributed by atoms with Crippen LogP contribution in [0.1, 0.15) is 13.3 Å². The van der Waals surface area contributed by atoms with E-state index in [0.29, 0.717) is 22.1 Å². The number of benzene rings is 2. The third-order valence-corrected chi connectivity index (χ3v) is 3.91. The van der Waals surface area contributed by atoms with Crippen LogP contribution in [0.4, 0.5) is 11.4 Å². The number of hydrogen-bond acceptors (Lipinski definition) is 4. The second kappa shape index (κ2) is 7.69. The first kappa shape index (κ1) is 18.1. The van der Waals surface area contributed by atoms with Crippen LogP contribution < -0.4 is 21.8 Å². The summed E-state index contributed by atoms with van der Waals surface area (Å²) < 4.78 is 1.14. The largest absolute Gasteiger partial charge is 0.326 e. The van der Waals surface area contributed by atoms with Crippen molar-refractivity contribution in [3.05, 3.63) is 69.2 Å². The Labute approximate surface area is 153 Å². The Morgan fingerprint density at radius 2 is 1.63 bits per heavy atom. The van der Waals surface area contributed by atoms with Crippen molar-refractivity contribution in [2.75, 3.05) is 10.6 Å². The zero-order valence-corrected chi connectivity index (χ0v) is 14.6. The summed E-state index contributed by atoms with van der Waals surface area (Å²) in [6.45, 7) is 1.43. The Balaban J connectivity index is 1.70. The minimum absolute atomic E-state index is 0.00144. The van der Waals surface area contributed by atoms with Gasteiger partial charge in [-0.1, -0.05) is 18.2 Å². The highest BCUT2D eigenvalue weighted by Crippen LogP contribution is 2.15. The molecular weight excluding hydrogens is 348 g/mol. The van der Waals surface area contributed by atoms with Crippen molar-refractivity contribution < 1.29 is 9.59 Å². The Hall–Kier alpha value is -3.68. The van der Waals surface area contributed by atoms with Gasteiger partial charge < -0.3 is 10.6 Å². The van der Waals surface area contributed by atoms with Crippen molar-refractivity contribution in [2.24, 2.45) is 0 Å². The first-order valence-electron chi connectivity index (χ1n) is 8.33. The van der Waals surface area contributed by atoms with Crippen LogP contribution in [0.15, 0.2) is 58.1 Å². The van der Waals surface area contributed by atoms with Gasteiger partial charge in [0.1, 0.15) is 0 Å². The third-order valence-electron chi connectivity index (χ3n) is 3.91. The molecule has 2 aromatic carbocycles. The van der Waals surface area contributed by atoms with Crippen molar-refractivity contribution in [1.82, 2.24) is 9.78 Å². The highest BCUT2D eigenvalue weighted by atomic mass is 16.2. The van der Waals surface area contributed by atoms with Crippen LogP contribution in [0.2, 0.25) is 0 Å². The van der Waals surface area contributed by atoms with Gasteiger partial charge in [-0.05, 0) is 30.3 Å². The van der Waals surface area contributed by atoms with Crippen LogP contribution in [0.5, 0.6) is 0 Å². The smallest absolute Gasteiger partial charge is 0.273 e. The number of fused-ring (bicyclic) bond motifs is 1. The van der Waals surface area contributed by atoms with Crippen molar-refractivity contribution >= 4 is 34.0 Å². The van der Waals surface area contributed by atoms with E-state index in [9.17, 15) is 19.2 Å². The Bertz CT molecular complexity index is 1130. The van der Waals surface area contributed by atoms with Crippen molar-refractivity contribution in [3.8, 4) is 0 Å². The second-order valence-corrected chi connectivity index (χ2v) is 6.00. The number of rotatable bonds is 5. The number of anilines is 2. The molecule has 1 heterocycles. The summed E-state index contributed by atoms with van der Waals surface area (Å²) in [5, 5.41) is 8.45. The molecule has 0 bridgehead atoms. The summed E-state index contributed by atoms with van der Waals surface area (Å²) in [7, 11) is 0. The molecule has 0 unspecified atom stereocenters. The van der Waals surface area contributed by atoms with Crippen LogP contribution >= 0.6 is 0 Å². The van der Waals surface area contributed by atoms with Crippen molar-refractivity contribution in [3.63, 3.8) is 0 Å². The van der Waals surface area contributed by atoms with E-state index in [1.807, 2.05) is 0 Å². The van der Waals surface area contributed by atoms with E-state index >= 15 is 0 Å². The molecule has 3 aromatic rings. The van der Waals surface area contributed by atoms with E-state index in [-0.39, 0.29) is 35.9 Å². The number of aryl methyl sites for hydroxylation is 1. The number of nitrogens with one attached hydrogen (secondary N) is 3. The zero-order valence-electron chi connectivity index (χ0n) is 14.6.